The molecule has 3 aromatic heterocycles. The van der Waals surface area contributed by atoms with E-state index in [9.17, 15) is 4.79 Å². The summed E-state index contributed by atoms with van der Waals surface area (Å²) in [6.07, 6.45) is 3.44. The minimum Gasteiger partial charge on any atom is -0.312 e. The molecule has 0 fully saturated rings. The lowest BCUT2D eigenvalue weighted by molar-refractivity contribution is 0.651. The van der Waals surface area contributed by atoms with Crippen molar-refractivity contribution in [1.29, 1.82) is 0 Å². The van der Waals surface area contributed by atoms with Crippen molar-refractivity contribution < 1.29 is 0 Å². The zero-order valence-electron chi connectivity index (χ0n) is 12.3. The lowest BCUT2D eigenvalue weighted by Gasteiger charge is -2.12. The first-order valence-corrected chi connectivity index (χ1v) is 9.03. The van der Waals surface area contributed by atoms with E-state index in [0.717, 1.165) is 41.8 Å². The number of fused-ring (bicyclic) bond motifs is 3. The van der Waals surface area contributed by atoms with Crippen LogP contribution >= 0.6 is 22.7 Å². The van der Waals surface area contributed by atoms with E-state index in [4.69, 9.17) is 0 Å². The van der Waals surface area contributed by atoms with Crippen molar-refractivity contribution >= 4 is 32.9 Å². The molecule has 1 aliphatic rings. The summed E-state index contributed by atoms with van der Waals surface area (Å²) in [5.74, 6) is 0. The van der Waals surface area contributed by atoms with Crippen LogP contribution in [0.3, 0.4) is 0 Å². The monoisotopic (exact) mass is 332 g/mol. The third-order valence-corrected chi connectivity index (χ3v) is 6.26. The van der Waals surface area contributed by atoms with Crippen LogP contribution in [0.5, 0.6) is 0 Å². The predicted molar refractivity (Wildman–Crippen MR) is 89.8 cm³/mol. The third-order valence-electron chi connectivity index (χ3n) is 4.12. The van der Waals surface area contributed by atoms with Gasteiger partial charge in [-0.3, -0.25) is 9.36 Å². The van der Waals surface area contributed by atoms with Gasteiger partial charge in [0.15, 0.2) is 0 Å². The quantitative estimate of drug-likeness (QED) is 0.798. The number of aryl methyl sites for hydroxylation is 3. The summed E-state index contributed by atoms with van der Waals surface area (Å²) in [5.41, 5.74) is 4.23. The highest BCUT2D eigenvalue weighted by Gasteiger charge is 2.19. The highest BCUT2D eigenvalue weighted by molar-refractivity contribution is 7.18. The van der Waals surface area contributed by atoms with Crippen molar-refractivity contribution in [2.24, 2.45) is 0 Å². The molecule has 4 heterocycles. The lowest BCUT2D eigenvalue weighted by Crippen LogP contribution is -2.25. The SMILES string of the molecule is Cc1ncsc1CCn1cnc2sc3c(c2c1=O)CCNC3. The molecule has 3 aromatic rings. The maximum Gasteiger partial charge on any atom is 0.262 e. The van der Waals surface area contributed by atoms with Crippen molar-refractivity contribution in [3.8, 4) is 0 Å². The zero-order valence-corrected chi connectivity index (χ0v) is 13.9. The van der Waals surface area contributed by atoms with Crippen LogP contribution in [0.15, 0.2) is 16.6 Å². The number of hydrogen-bond donors (Lipinski definition) is 1. The molecule has 0 saturated carbocycles. The molecule has 4 rings (SSSR count). The number of hydrogen-bond acceptors (Lipinski definition) is 6. The summed E-state index contributed by atoms with van der Waals surface area (Å²) >= 11 is 3.30. The van der Waals surface area contributed by atoms with Crippen LogP contribution in [0.1, 0.15) is 21.0 Å². The van der Waals surface area contributed by atoms with Crippen LogP contribution in [0.25, 0.3) is 10.2 Å². The highest BCUT2D eigenvalue weighted by atomic mass is 32.1. The van der Waals surface area contributed by atoms with Crippen molar-refractivity contribution in [3.05, 3.63) is 43.2 Å². The maximum atomic E-state index is 12.8. The maximum absolute atomic E-state index is 12.8. The molecule has 0 unspecified atom stereocenters. The van der Waals surface area contributed by atoms with Crippen LogP contribution in [0.4, 0.5) is 0 Å². The highest BCUT2D eigenvalue weighted by Crippen LogP contribution is 2.29. The number of thiazole rings is 1. The van der Waals surface area contributed by atoms with Gasteiger partial charge in [-0.1, -0.05) is 0 Å². The van der Waals surface area contributed by atoms with E-state index < -0.39 is 0 Å². The minimum absolute atomic E-state index is 0.103. The van der Waals surface area contributed by atoms with Crippen LogP contribution < -0.4 is 10.9 Å². The first-order chi connectivity index (χ1) is 10.7. The fraction of sp³-hybridized carbons (Fsp3) is 0.400. The normalized spacial score (nSPS) is 14.4. The summed E-state index contributed by atoms with van der Waals surface area (Å²) in [7, 11) is 0. The Kier molecular flexibility index (Phi) is 3.56. The fourth-order valence-corrected chi connectivity index (χ4v) is 4.82. The Hall–Kier alpha value is -1.57. The standard InChI is InChI=1S/C15H16N4OS2/c1-9-11(21-8-18-9)3-5-19-7-17-14-13(15(19)20)10-2-4-16-6-12(10)22-14/h7-8,16H,2-6H2,1H3. The third kappa shape index (κ3) is 2.29. The smallest absolute Gasteiger partial charge is 0.262 e. The van der Waals surface area contributed by atoms with Gasteiger partial charge in [0.2, 0.25) is 0 Å². The van der Waals surface area contributed by atoms with Gasteiger partial charge in [0.1, 0.15) is 4.83 Å². The summed E-state index contributed by atoms with van der Waals surface area (Å²) in [6, 6.07) is 0. The second-order valence-corrected chi connectivity index (χ2v) is 7.49. The molecule has 0 atom stereocenters. The van der Waals surface area contributed by atoms with E-state index in [0.29, 0.717) is 6.54 Å². The Morgan fingerprint density at radius 3 is 3.14 bits per heavy atom. The second-order valence-electron chi connectivity index (χ2n) is 5.46. The average molecular weight is 332 g/mol. The molecule has 114 valence electrons. The van der Waals surface area contributed by atoms with Gasteiger partial charge in [-0.15, -0.1) is 22.7 Å². The zero-order chi connectivity index (χ0) is 15.1. The van der Waals surface area contributed by atoms with Gasteiger partial charge in [-0.2, -0.15) is 0 Å². The van der Waals surface area contributed by atoms with Crippen LogP contribution in [-0.4, -0.2) is 21.1 Å². The first-order valence-electron chi connectivity index (χ1n) is 7.33. The Morgan fingerprint density at radius 1 is 1.41 bits per heavy atom. The molecule has 0 aliphatic carbocycles. The van der Waals surface area contributed by atoms with E-state index >= 15 is 0 Å². The van der Waals surface area contributed by atoms with Crippen LogP contribution in [-0.2, 0) is 25.9 Å². The van der Waals surface area contributed by atoms with E-state index in [1.165, 1.54) is 15.3 Å². The molecule has 0 spiro atoms. The Bertz CT molecular complexity index is 893. The van der Waals surface area contributed by atoms with E-state index in [1.807, 2.05) is 12.4 Å². The van der Waals surface area contributed by atoms with E-state index in [1.54, 1.807) is 33.6 Å². The number of nitrogens with zero attached hydrogens (tertiary/aromatic N) is 3. The van der Waals surface area contributed by atoms with Gasteiger partial charge in [0, 0.05) is 29.3 Å². The van der Waals surface area contributed by atoms with Gasteiger partial charge in [-0.05, 0) is 25.5 Å². The molecule has 1 N–H and O–H groups in total. The first kappa shape index (κ1) is 14.0. The van der Waals surface area contributed by atoms with Crippen molar-refractivity contribution in [3.63, 3.8) is 0 Å². The summed E-state index contributed by atoms with van der Waals surface area (Å²) < 4.78 is 1.75. The molecule has 0 saturated heterocycles. The van der Waals surface area contributed by atoms with Crippen molar-refractivity contribution in [2.75, 3.05) is 6.54 Å². The number of thiophene rings is 1. The van der Waals surface area contributed by atoms with Crippen LogP contribution in [0, 0.1) is 6.92 Å². The summed E-state index contributed by atoms with van der Waals surface area (Å²) in [4.78, 5) is 25.0. The van der Waals surface area contributed by atoms with Gasteiger partial charge >= 0.3 is 0 Å². The molecule has 0 radical (unpaired) electrons. The Morgan fingerprint density at radius 2 is 2.32 bits per heavy atom. The van der Waals surface area contributed by atoms with E-state index in [-0.39, 0.29) is 5.56 Å². The topological polar surface area (TPSA) is 59.8 Å². The van der Waals surface area contributed by atoms with E-state index in [2.05, 4.69) is 15.3 Å². The van der Waals surface area contributed by atoms with Gasteiger partial charge in [0.25, 0.3) is 5.56 Å². The largest absolute Gasteiger partial charge is 0.312 e. The molecular weight excluding hydrogens is 316 g/mol. The molecule has 1 aliphatic heterocycles. The molecule has 22 heavy (non-hydrogen) atoms. The summed E-state index contributed by atoms with van der Waals surface area (Å²) in [6.45, 7) is 4.47. The van der Waals surface area contributed by atoms with Gasteiger partial charge < -0.3 is 5.32 Å². The van der Waals surface area contributed by atoms with Crippen LogP contribution in [0.2, 0.25) is 0 Å². The Labute approximate surface area is 135 Å². The fourth-order valence-electron chi connectivity index (χ4n) is 2.90. The second kappa shape index (κ2) is 5.57. The number of nitrogens with one attached hydrogen (secondary N) is 1. The summed E-state index contributed by atoms with van der Waals surface area (Å²) in [5, 5.41) is 4.19. The van der Waals surface area contributed by atoms with Crippen molar-refractivity contribution in [2.45, 2.75) is 32.9 Å². The number of rotatable bonds is 3. The molecule has 5 nitrogen and oxygen atoms in total. The lowest BCUT2D eigenvalue weighted by atomic mass is 10.1. The Balaban J connectivity index is 1.71. The predicted octanol–water partition coefficient (Wildman–Crippen LogP) is 2.11. The van der Waals surface area contributed by atoms with Crippen molar-refractivity contribution in [1.82, 2.24) is 19.9 Å². The molecule has 7 heteroatoms. The minimum atomic E-state index is 0.103. The molecular formula is C15H16N4OS2. The molecule has 0 bridgehead atoms. The number of aromatic nitrogens is 3. The van der Waals surface area contributed by atoms with Gasteiger partial charge in [-0.25, -0.2) is 9.97 Å². The molecule has 0 amide bonds. The average Bonchev–Trinajstić information content (AvgIpc) is 3.10. The van der Waals surface area contributed by atoms with Gasteiger partial charge in [0.05, 0.1) is 22.9 Å². The molecule has 0 aromatic carbocycles.